The third kappa shape index (κ3) is 3.48. The van der Waals surface area contributed by atoms with Crippen molar-refractivity contribution in [2.24, 2.45) is 0 Å². The van der Waals surface area contributed by atoms with Gasteiger partial charge in [0.25, 0.3) is 0 Å². The van der Waals surface area contributed by atoms with Crippen molar-refractivity contribution in [2.75, 3.05) is 11.4 Å². The summed E-state index contributed by atoms with van der Waals surface area (Å²) in [4.78, 5) is 8.32. The third-order valence-corrected chi connectivity index (χ3v) is 5.12. The van der Waals surface area contributed by atoms with Gasteiger partial charge in [-0.1, -0.05) is 43.9 Å². The molecule has 19 heavy (non-hydrogen) atoms. The molecule has 108 valence electrons. The van der Waals surface area contributed by atoms with Crippen molar-refractivity contribution in [3.05, 3.63) is 10.6 Å². The Morgan fingerprint density at radius 3 is 2.58 bits per heavy atom. The molecule has 1 aliphatic rings. The van der Waals surface area contributed by atoms with Gasteiger partial charge in [-0.25, -0.2) is 4.98 Å². The average Bonchev–Trinajstić information content (AvgIpc) is 2.84. The van der Waals surface area contributed by atoms with E-state index in [0.29, 0.717) is 6.04 Å². The van der Waals surface area contributed by atoms with Crippen LogP contribution in [0, 0.1) is 0 Å². The van der Waals surface area contributed by atoms with E-state index in [1.165, 1.54) is 32.1 Å². The molecule has 1 heterocycles. The summed E-state index contributed by atoms with van der Waals surface area (Å²) in [6, 6.07) is 0.658. The maximum Gasteiger partial charge on any atom is 0.186 e. The summed E-state index contributed by atoms with van der Waals surface area (Å²) in [6.07, 6.45) is 8.74. The zero-order valence-corrected chi connectivity index (χ0v) is 13.0. The van der Waals surface area contributed by atoms with Gasteiger partial charge in [-0.3, -0.25) is 0 Å². The van der Waals surface area contributed by atoms with Gasteiger partial charge in [-0.05, 0) is 26.2 Å². The number of hydrogen-bond donors (Lipinski definition) is 1. The number of nitrogens with zero attached hydrogens (tertiary/aromatic N) is 2. The first kappa shape index (κ1) is 14.8. The maximum atomic E-state index is 9.48. The first-order valence-electron chi connectivity index (χ1n) is 7.66. The zero-order valence-electron chi connectivity index (χ0n) is 12.2. The van der Waals surface area contributed by atoms with E-state index in [4.69, 9.17) is 4.98 Å². The van der Waals surface area contributed by atoms with Crippen LogP contribution in [-0.4, -0.2) is 22.7 Å². The molecule has 1 N–H and O–H groups in total. The molecule has 3 nitrogen and oxygen atoms in total. The molecule has 1 fully saturated rings. The molecule has 0 spiro atoms. The zero-order chi connectivity index (χ0) is 13.7. The van der Waals surface area contributed by atoms with E-state index < -0.39 is 0 Å². The summed E-state index contributed by atoms with van der Waals surface area (Å²) >= 11 is 1.69. The maximum absolute atomic E-state index is 9.48. The highest BCUT2D eigenvalue weighted by molar-refractivity contribution is 7.15. The van der Waals surface area contributed by atoms with Gasteiger partial charge in [0.05, 0.1) is 17.2 Å². The topological polar surface area (TPSA) is 36.4 Å². The first-order valence-corrected chi connectivity index (χ1v) is 8.47. The van der Waals surface area contributed by atoms with Crippen LogP contribution in [0.5, 0.6) is 0 Å². The number of anilines is 1. The van der Waals surface area contributed by atoms with Crippen molar-refractivity contribution < 1.29 is 5.11 Å². The van der Waals surface area contributed by atoms with Crippen LogP contribution >= 0.6 is 11.3 Å². The Morgan fingerprint density at radius 1 is 1.26 bits per heavy atom. The fourth-order valence-electron chi connectivity index (χ4n) is 2.99. The second-order valence-electron chi connectivity index (χ2n) is 5.35. The van der Waals surface area contributed by atoms with Crippen LogP contribution in [0.25, 0.3) is 0 Å². The highest BCUT2D eigenvalue weighted by Gasteiger charge is 2.23. The van der Waals surface area contributed by atoms with E-state index in [1.807, 2.05) is 0 Å². The Morgan fingerprint density at radius 2 is 2.00 bits per heavy atom. The van der Waals surface area contributed by atoms with Crippen molar-refractivity contribution in [3.8, 4) is 0 Å². The number of hydrogen-bond acceptors (Lipinski definition) is 4. The molecular formula is C15H26N2OS. The molecule has 1 aromatic heterocycles. The van der Waals surface area contributed by atoms with E-state index in [0.717, 1.165) is 35.1 Å². The van der Waals surface area contributed by atoms with E-state index in [2.05, 4.69) is 18.7 Å². The minimum atomic E-state index is 0.134. The first-order chi connectivity index (χ1) is 9.30. The predicted molar refractivity (Wildman–Crippen MR) is 81.9 cm³/mol. The van der Waals surface area contributed by atoms with Crippen molar-refractivity contribution in [2.45, 2.75) is 71.4 Å². The molecule has 0 bridgehead atoms. The Balaban J connectivity index is 2.17. The standard InChI is InChI=1S/C15H26N2OS/c1-3-8-13-14(11-18)19-15(16-13)17(4-2)12-9-6-5-7-10-12/h12,18H,3-11H2,1-2H3. The molecule has 1 aliphatic carbocycles. The van der Waals surface area contributed by atoms with Crippen molar-refractivity contribution in [1.29, 1.82) is 0 Å². The van der Waals surface area contributed by atoms with Gasteiger partial charge in [-0.15, -0.1) is 0 Å². The Kier molecular flexibility index (Phi) is 5.64. The smallest absolute Gasteiger partial charge is 0.186 e. The molecule has 0 radical (unpaired) electrons. The molecule has 1 saturated carbocycles. The summed E-state index contributed by atoms with van der Waals surface area (Å²) < 4.78 is 0. The Hall–Kier alpha value is -0.610. The number of aryl methyl sites for hydroxylation is 1. The fourth-order valence-corrected chi connectivity index (χ4v) is 4.09. The molecule has 4 heteroatoms. The average molecular weight is 282 g/mol. The minimum Gasteiger partial charge on any atom is -0.391 e. The molecule has 2 rings (SSSR count). The lowest BCUT2D eigenvalue weighted by Crippen LogP contribution is -2.36. The van der Waals surface area contributed by atoms with Gasteiger partial charge in [0, 0.05) is 12.6 Å². The molecule has 0 aromatic carbocycles. The number of aliphatic hydroxyl groups is 1. The lowest BCUT2D eigenvalue weighted by Gasteiger charge is -2.33. The van der Waals surface area contributed by atoms with Crippen LogP contribution in [0.3, 0.4) is 0 Å². The predicted octanol–water partition coefficient (Wildman–Crippen LogP) is 3.75. The van der Waals surface area contributed by atoms with Crippen LogP contribution in [0.1, 0.15) is 62.9 Å². The number of aromatic nitrogens is 1. The molecule has 1 aromatic rings. The largest absolute Gasteiger partial charge is 0.391 e. The quantitative estimate of drug-likeness (QED) is 0.863. The van der Waals surface area contributed by atoms with Crippen LogP contribution in [0.15, 0.2) is 0 Å². The van der Waals surface area contributed by atoms with Crippen LogP contribution in [-0.2, 0) is 13.0 Å². The SMILES string of the molecule is CCCc1nc(N(CC)C2CCCCC2)sc1CO. The third-order valence-electron chi connectivity index (χ3n) is 4.00. The van der Waals surface area contributed by atoms with Gasteiger partial charge in [0.15, 0.2) is 5.13 Å². The fraction of sp³-hybridized carbons (Fsp3) is 0.800. The highest BCUT2D eigenvalue weighted by Crippen LogP contribution is 2.32. The number of rotatable bonds is 6. The van der Waals surface area contributed by atoms with Crippen LogP contribution < -0.4 is 4.90 Å². The van der Waals surface area contributed by atoms with Gasteiger partial charge in [0.2, 0.25) is 0 Å². The second-order valence-corrected chi connectivity index (χ2v) is 6.41. The van der Waals surface area contributed by atoms with Gasteiger partial charge in [-0.2, -0.15) is 0 Å². The highest BCUT2D eigenvalue weighted by atomic mass is 32.1. The van der Waals surface area contributed by atoms with Gasteiger partial charge in [0.1, 0.15) is 0 Å². The van der Waals surface area contributed by atoms with Crippen molar-refractivity contribution in [1.82, 2.24) is 4.98 Å². The second kappa shape index (κ2) is 7.25. The molecule has 0 saturated heterocycles. The van der Waals surface area contributed by atoms with Crippen LogP contribution in [0.4, 0.5) is 5.13 Å². The van der Waals surface area contributed by atoms with Gasteiger partial charge < -0.3 is 10.0 Å². The summed E-state index contributed by atoms with van der Waals surface area (Å²) in [5.74, 6) is 0. The van der Waals surface area contributed by atoms with E-state index in [9.17, 15) is 5.11 Å². The number of thiazole rings is 1. The van der Waals surface area contributed by atoms with E-state index in [-0.39, 0.29) is 6.61 Å². The minimum absolute atomic E-state index is 0.134. The van der Waals surface area contributed by atoms with E-state index >= 15 is 0 Å². The van der Waals surface area contributed by atoms with Gasteiger partial charge >= 0.3 is 0 Å². The van der Waals surface area contributed by atoms with Crippen LogP contribution in [0.2, 0.25) is 0 Å². The molecule has 0 atom stereocenters. The summed E-state index contributed by atoms with van der Waals surface area (Å²) in [5.41, 5.74) is 1.11. The molecular weight excluding hydrogens is 256 g/mol. The Labute approximate surface area is 120 Å². The Bertz CT molecular complexity index is 385. The summed E-state index contributed by atoms with van der Waals surface area (Å²) in [5, 5.41) is 10.6. The lowest BCUT2D eigenvalue weighted by molar-refractivity contribution is 0.284. The molecule has 0 unspecified atom stereocenters. The van der Waals surface area contributed by atoms with Crippen molar-refractivity contribution >= 4 is 16.5 Å². The normalized spacial score (nSPS) is 16.8. The van der Waals surface area contributed by atoms with Crippen molar-refractivity contribution in [3.63, 3.8) is 0 Å². The number of aliphatic hydroxyl groups excluding tert-OH is 1. The molecule has 0 amide bonds. The summed E-state index contributed by atoms with van der Waals surface area (Å²) in [7, 11) is 0. The monoisotopic (exact) mass is 282 g/mol. The lowest BCUT2D eigenvalue weighted by atomic mass is 9.94. The van der Waals surface area contributed by atoms with E-state index in [1.54, 1.807) is 11.3 Å². The summed E-state index contributed by atoms with van der Waals surface area (Å²) in [6.45, 7) is 5.54. The molecule has 0 aliphatic heterocycles.